The van der Waals surface area contributed by atoms with Crippen LogP contribution in [0.1, 0.15) is 24.8 Å². The summed E-state index contributed by atoms with van der Waals surface area (Å²) >= 11 is 0. The minimum Gasteiger partial charge on any atom is -0.378 e. The topological polar surface area (TPSA) is 78.7 Å². The Bertz CT molecular complexity index is 557. The summed E-state index contributed by atoms with van der Waals surface area (Å²) < 4.78 is 0. The number of benzene rings is 1. The molecule has 6 heteroatoms. The number of amides is 3. The van der Waals surface area contributed by atoms with Gasteiger partial charge in [0.1, 0.15) is 0 Å². The van der Waals surface area contributed by atoms with E-state index in [1.165, 1.54) is 11.3 Å². The monoisotopic (exact) mass is 332 g/mol. The predicted molar refractivity (Wildman–Crippen MR) is 96.0 cm³/mol. The molecule has 3 amide bonds. The lowest BCUT2D eigenvalue weighted by Crippen LogP contribution is -2.47. The number of hydrogen-bond acceptors (Lipinski definition) is 3. The van der Waals surface area contributed by atoms with Crippen molar-refractivity contribution in [2.45, 2.75) is 25.7 Å². The van der Waals surface area contributed by atoms with Gasteiger partial charge in [-0.05, 0) is 43.4 Å². The molecule has 0 bridgehead atoms. The van der Waals surface area contributed by atoms with Crippen molar-refractivity contribution in [3.63, 3.8) is 0 Å². The lowest BCUT2D eigenvalue weighted by Gasteiger charge is -2.30. The highest BCUT2D eigenvalue weighted by molar-refractivity contribution is 5.80. The van der Waals surface area contributed by atoms with Gasteiger partial charge in [0.25, 0.3) is 0 Å². The van der Waals surface area contributed by atoms with Gasteiger partial charge in [0.2, 0.25) is 5.91 Å². The van der Waals surface area contributed by atoms with E-state index in [0.717, 1.165) is 25.7 Å². The van der Waals surface area contributed by atoms with Crippen molar-refractivity contribution in [2.24, 2.45) is 11.7 Å². The molecular formula is C18H28N4O2. The third-order valence-corrected chi connectivity index (χ3v) is 4.50. The number of nitrogens with one attached hydrogen (secondary N) is 1. The predicted octanol–water partition coefficient (Wildman–Crippen LogP) is 1.59. The van der Waals surface area contributed by atoms with Crippen molar-refractivity contribution in [3.8, 4) is 0 Å². The summed E-state index contributed by atoms with van der Waals surface area (Å²) in [6.45, 7) is 1.75. The van der Waals surface area contributed by atoms with Gasteiger partial charge in [0.05, 0.1) is 5.92 Å². The molecule has 0 saturated carbocycles. The molecule has 0 spiro atoms. The van der Waals surface area contributed by atoms with Crippen LogP contribution >= 0.6 is 0 Å². The van der Waals surface area contributed by atoms with E-state index in [2.05, 4.69) is 34.5 Å². The number of likely N-dealkylation sites (tertiary alicyclic amines) is 1. The number of urea groups is 1. The fraction of sp³-hybridized carbons (Fsp3) is 0.556. The van der Waals surface area contributed by atoms with Gasteiger partial charge in [0, 0.05) is 39.4 Å². The number of hydrogen-bond donors (Lipinski definition) is 2. The highest BCUT2D eigenvalue weighted by atomic mass is 16.2. The molecular weight excluding hydrogens is 304 g/mol. The molecule has 0 radical (unpaired) electrons. The molecule has 24 heavy (non-hydrogen) atoms. The van der Waals surface area contributed by atoms with Gasteiger partial charge in [-0.3, -0.25) is 4.79 Å². The van der Waals surface area contributed by atoms with Gasteiger partial charge in [-0.15, -0.1) is 0 Å². The van der Waals surface area contributed by atoms with Crippen LogP contribution in [0.4, 0.5) is 10.5 Å². The van der Waals surface area contributed by atoms with E-state index in [9.17, 15) is 9.59 Å². The van der Waals surface area contributed by atoms with Crippen molar-refractivity contribution in [2.75, 3.05) is 38.6 Å². The molecule has 1 aromatic carbocycles. The molecule has 1 unspecified atom stereocenters. The van der Waals surface area contributed by atoms with Gasteiger partial charge in [-0.2, -0.15) is 0 Å². The van der Waals surface area contributed by atoms with Crippen LogP contribution in [-0.2, 0) is 11.2 Å². The second-order valence-corrected chi connectivity index (χ2v) is 6.58. The molecule has 1 aliphatic rings. The Morgan fingerprint density at radius 2 is 2.00 bits per heavy atom. The standard InChI is InChI=1S/C18H28N4O2/c1-21(2)16-9-7-14(8-10-16)5-3-11-20-17(23)15-6-4-12-22(13-15)18(19)24/h7-10,15H,3-6,11-13H2,1-2H3,(H2,19,24)(H,20,23). The molecule has 2 rings (SSSR count). The normalized spacial score (nSPS) is 17.4. The first-order chi connectivity index (χ1) is 11.5. The minimum absolute atomic E-state index is 0.0314. The van der Waals surface area contributed by atoms with E-state index in [-0.39, 0.29) is 11.8 Å². The Hall–Kier alpha value is -2.24. The molecule has 132 valence electrons. The quantitative estimate of drug-likeness (QED) is 0.777. The molecule has 3 N–H and O–H groups in total. The Morgan fingerprint density at radius 3 is 2.62 bits per heavy atom. The summed E-state index contributed by atoms with van der Waals surface area (Å²) in [4.78, 5) is 27.0. The number of nitrogens with two attached hydrogens (primary N) is 1. The summed E-state index contributed by atoms with van der Waals surface area (Å²) in [5.74, 6) is -0.102. The Kier molecular flexibility index (Phi) is 6.46. The summed E-state index contributed by atoms with van der Waals surface area (Å²) in [5.41, 5.74) is 7.75. The molecule has 1 fully saturated rings. The molecule has 0 aliphatic carbocycles. The second-order valence-electron chi connectivity index (χ2n) is 6.58. The average Bonchev–Trinajstić information content (AvgIpc) is 2.59. The maximum atomic E-state index is 12.2. The van der Waals surface area contributed by atoms with Crippen molar-refractivity contribution < 1.29 is 9.59 Å². The number of anilines is 1. The number of piperidine rings is 1. The van der Waals surface area contributed by atoms with Crippen molar-refractivity contribution >= 4 is 17.6 Å². The number of rotatable bonds is 6. The van der Waals surface area contributed by atoms with Crippen molar-refractivity contribution in [3.05, 3.63) is 29.8 Å². The van der Waals surface area contributed by atoms with E-state index in [4.69, 9.17) is 5.73 Å². The Morgan fingerprint density at radius 1 is 1.29 bits per heavy atom. The van der Waals surface area contributed by atoms with Crippen LogP contribution in [0.3, 0.4) is 0 Å². The first-order valence-electron chi connectivity index (χ1n) is 8.55. The molecule has 1 aliphatic heterocycles. The van der Waals surface area contributed by atoms with E-state index < -0.39 is 6.03 Å². The number of aryl methyl sites for hydroxylation is 1. The Labute approximate surface area is 144 Å². The van der Waals surface area contributed by atoms with E-state index >= 15 is 0 Å². The van der Waals surface area contributed by atoms with Gasteiger partial charge in [0.15, 0.2) is 0 Å². The SMILES string of the molecule is CN(C)c1ccc(CCCNC(=O)C2CCCN(C(N)=O)C2)cc1. The summed E-state index contributed by atoms with van der Waals surface area (Å²) in [5, 5.41) is 2.99. The zero-order valence-corrected chi connectivity index (χ0v) is 14.6. The van der Waals surface area contributed by atoms with Crippen LogP contribution < -0.4 is 16.0 Å². The first-order valence-corrected chi connectivity index (χ1v) is 8.55. The molecule has 1 atom stereocenters. The maximum absolute atomic E-state index is 12.2. The van der Waals surface area contributed by atoms with Gasteiger partial charge in [-0.1, -0.05) is 12.1 Å². The smallest absolute Gasteiger partial charge is 0.314 e. The third-order valence-electron chi connectivity index (χ3n) is 4.50. The Balaban J connectivity index is 1.70. The van der Waals surface area contributed by atoms with E-state index in [1.807, 2.05) is 14.1 Å². The zero-order valence-electron chi connectivity index (χ0n) is 14.6. The third kappa shape index (κ3) is 5.15. The van der Waals surface area contributed by atoms with Crippen molar-refractivity contribution in [1.82, 2.24) is 10.2 Å². The number of carbonyl (C=O) groups excluding carboxylic acids is 2. The van der Waals surface area contributed by atoms with Crippen LogP contribution in [0.5, 0.6) is 0 Å². The van der Waals surface area contributed by atoms with Crippen LogP contribution in [0.25, 0.3) is 0 Å². The summed E-state index contributed by atoms with van der Waals surface area (Å²) in [7, 11) is 4.05. The van der Waals surface area contributed by atoms with E-state index in [1.54, 1.807) is 4.90 Å². The molecule has 6 nitrogen and oxygen atoms in total. The van der Waals surface area contributed by atoms with Gasteiger partial charge < -0.3 is 20.9 Å². The second kappa shape index (κ2) is 8.57. The fourth-order valence-electron chi connectivity index (χ4n) is 3.00. The number of carbonyl (C=O) groups is 2. The van der Waals surface area contributed by atoms with Gasteiger partial charge in [-0.25, -0.2) is 4.79 Å². The van der Waals surface area contributed by atoms with Crippen LogP contribution in [-0.4, -0.2) is 50.6 Å². The van der Waals surface area contributed by atoms with Crippen LogP contribution in [0.2, 0.25) is 0 Å². The highest BCUT2D eigenvalue weighted by Gasteiger charge is 2.26. The minimum atomic E-state index is -0.436. The summed E-state index contributed by atoms with van der Waals surface area (Å²) in [6.07, 6.45) is 3.49. The van der Waals surface area contributed by atoms with Gasteiger partial charge >= 0.3 is 6.03 Å². The number of nitrogens with zero attached hydrogens (tertiary/aromatic N) is 2. The summed E-state index contributed by atoms with van der Waals surface area (Å²) in [6, 6.07) is 8.03. The largest absolute Gasteiger partial charge is 0.378 e. The first kappa shape index (κ1) is 18.1. The van der Waals surface area contributed by atoms with Crippen molar-refractivity contribution in [1.29, 1.82) is 0 Å². The lowest BCUT2D eigenvalue weighted by molar-refractivity contribution is -0.126. The average molecular weight is 332 g/mol. The zero-order chi connectivity index (χ0) is 17.5. The molecule has 0 aromatic heterocycles. The fourth-order valence-corrected chi connectivity index (χ4v) is 3.00. The molecule has 1 heterocycles. The number of primary amides is 1. The molecule has 1 aromatic rings. The maximum Gasteiger partial charge on any atom is 0.314 e. The molecule has 1 saturated heterocycles. The highest BCUT2D eigenvalue weighted by Crippen LogP contribution is 2.16. The van der Waals surface area contributed by atoms with Crippen LogP contribution in [0, 0.1) is 5.92 Å². The van der Waals surface area contributed by atoms with Crippen LogP contribution in [0.15, 0.2) is 24.3 Å². The van der Waals surface area contributed by atoms with E-state index in [0.29, 0.717) is 19.6 Å². The lowest BCUT2D eigenvalue weighted by atomic mass is 9.97.